The normalized spacial score (nSPS) is 10.8. The Morgan fingerprint density at radius 2 is 1.65 bits per heavy atom. The second-order valence-electron chi connectivity index (χ2n) is 4.67. The number of aryl methyl sites for hydroxylation is 1. The molecule has 2 N–H and O–H groups in total. The molecule has 0 saturated heterocycles. The van der Waals surface area contributed by atoms with Gasteiger partial charge < -0.3 is 20.1 Å². The Morgan fingerprint density at radius 3 is 2.15 bits per heavy atom. The van der Waals surface area contributed by atoms with Crippen LogP contribution in [0.25, 0.3) is 0 Å². The van der Waals surface area contributed by atoms with Crippen molar-refractivity contribution in [3.8, 4) is 0 Å². The zero-order valence-corrected chi connectivity index (χ0v) is 13.0. The van der Waals surface area contributed by atoms with E-state index in [1.807, 2.05) is 13.8 Å². The predicted octanol–water partition coefficient (Wildman–Crippen LogP) is 2.33. The van der Waals surface area contributed by atoms with Crippen LogP contribution in [0.1, 0.15) is 25.0 Å². The summed E-state index contributed by atoms with van der Waals surface area (Å²) < 4.78 is 11.0. The van der Waals surface area contributed by atoms with Crippen molar-refractivity contribution in [1.29, 1.82) is 0 Å². The van der Waals surface area contributed by atoms with Crippen LogP contribution in [0.3, 0.4) is 0 Å². The molecule has 1 aromatic carbocycles. The van der Waals surface area contributed by atoms with E-state index in [1.54, 1.807) is 0 Å². The Labute approximate surface area is 122 Å². The molecule has 20 heavy (non-hydrogen) atoms. The Hall–Kier alpha value is -1.10. The molecule has 0 aromatic heterocycles. The molecule has 0 amide bonds. The van der Waals surface area contributed by atoms with Gasteiger partial charge in [-0.25, -0.2) is 0 Å². The van der Waals surface area contributed by atoms with Gasteiger partial charge in [0.15, 0.2) is 0 Å². The third-order valence-corrected chi connectivity index (χ3v) is 3.28. The number of nitrogens with zero attached hydrogens (tertiary/aromatic N) is 1. The number of anilines is 1. The first-order valence-corrected chi connectivity index (χ1v) is 7.43. The highest BCUT2D eigenvalue weighted by atomic mass is 16.5. The van der Waals surface area contributed by atoms with Crippen molar-refractivity contribution in [3.05, 3.63) is 29.3 Å². The largest absolute Gasteiger partial charge is 0.380 e. The lowest BCUT2D eigenvalue weighted by Gasteiger charge is -2.28. The van der Waals surface area contributed by atoms with Gasteiger partial charge in [0, 0.05) is 38.5 Å². The summed E-state index contributed by atoms with van der Waals surface area (Å²) in [7, 11) is 0. The molecule has 1 rings (SSSR count). The molecule has 4 heteroatoms. The number of para-hydroxylation sites is 1. The highest BCUT2D eigenvalue weighted by Gasteiger charge is 2.13. The number of nitrogens with two attached hydrogens (primary N) is 1. The number of benzene rings is 1. The van der Waals surface area contributed by atoms with Crippen LogP contribution in [0.2, 0.25) is 0 Å². The maximum absolute atomic E-state index is 5.88. The van der Waals surface area contributed by atoms with Gasteiger partial charge in [-0.1, -0.05) is 18.2 Å². The topological polar surface area (TPSA) is 47.7 Å². The molecule has 1 aromatic rings. The molecule has 114 valence electrons. The van der Waals surface area contributed by atoms with Crippen LogP contribution in [-0.4, -0.2) is 39.5 Å². The molecular formula is C16H28N2O2. The van der Waals surface area contributed by atoms with Crippen LogP contribution in [0.4, 0.5) is 5.69 Å². The van der Waals surface area contributed by atoms with Crippen LogP contribution in [-0.2, 0) is 16.0 Å². The molecule has 0 bridgehead atoms. The zero-order chi connectivity index (χ0) is 14.8. The monoisotopic (exact) mass is 280 g/mol. The van der Waals surface area contributed by atoms with E-state index in [2.05, 4.69) is 30.0 Å². The van der Waals surface area contributed by atoms with E-state index in [0.29, 0.717) is 6.54 Å². The molecule has 0 aliphatic carbocycles. The summed E-state index contributed by atoms with van der Waals surface area (Å²) in [5.74, 6) is 0. The van der Waals surface area contributed by atoms with E-state index in [-0.39, 0.29) is 0 Å². The van der Waals surface area contributed by atoms with Gasteiger partial charge in [0.2, 0.25) is 0 Å². The first-order valence-electron chi connectivity index (χ1n) is 7.43. The third-order valence-electron chi connectivity index (χ3n) is 3.28. The molecule has 0 fully saturated rings. The van der Waals surface area contributed by atoms with Crippen LogP contribution in [0, 0.1) is 6.92 Å². The Balaban J connectivity index is 2.84. The second kappa shape index (κ2) is 9.75. The molecule has 0 spiro atoms. The fourth-order valence-corrected chi connectivity index (χ4v) is 2.31. The maximum atomic E-state index is 5.88. The van der Waals surface area contributed by atoms with Gasteiger partial charge >= 0.3 is 0 Å². The molecule has 0 atom stereocenters. The van der Waals surface area contributed by atoms with Gasteiger partial charge in [-0.2, -0.15) is 0 Å². The van der Waals surface area contributed by atoms with Gasteiger partial charge in [-0.05, 0) is 31.9 Å². The summed E-state index contributed by atoms with van der Waals surface area (Å²) in [6.07, 6.45) is 0. The average Bonchev–Trinajstić information content (AvgIpc) is 2.46. The Bertz CT molecular complexity index is 373. The van der Waals surface area contributed by atoms with Crippen molar-refractivity contribution in [2.45, 2.75) is 27.3 Å². The first kappa shape index (κ1) is 17.0. The highest BCUT2D eigenvalue weighted by Crippen LogP contribution is 2.24. The summed E-state index contributed by atoms with van der Waals surface area (Å²) in [4.78, 5) is 2.32. The van der Waals surface area contributed by atoms with Crippen molar-refractivity contribution in [1.82, 2.24) is 0 Å². The Morgan fingerprint density at radius 1 is 1.05 bits per heavy atom. The summed E-state index contributed by atoms with van der Waals surface area (Å²) in [5.41, 5.74) is 9.54. The number of ether oxygens (including phenoxy) is 2. The molecule has 4 nitrogen and oxygen atoms in total. The molecular weight excluding hydrogens is 252 g/mol. The minimum atomic E-state index is 0.552. The highest BCUT2D eigenvalue weighted by molar-refractivity contribution is 5.59. The van der Waals surface area contributed by atoms with E-state index in [4.69, 9.17) is 15.2 Å². The minimum absolute atomic E-state index is 0.552. The molecule has 0 unspecified atom stereocenters. The standard InChI is InChI=1S/C16H28N2O2/c1-4-19-11-9-18(10-12-20-5-2)16-14(3)7-6-8-15(16)13-17/h6-8H,4-5,9-13,17H2,1-3H3. The molecule has 0 aliphatic heterocycles. The SMILES string of the molecule is CCOCCN(CCOCC)c1c(C)cccc1CN. The number of hydrogen-bond acceptors (Lipinski definition) is 4. The van der Waals surface area contributed by atoms with Crippen molar-refractivity contribution >= 4 is 5.69 Å². The van der Waals surface area contributed by atoms with E-state index in [0.717, 1.165) is 39.5 Å². The number of rotatable bonds is 10. The summed E-state index contributed by atoms with van der Waals surface area (Å²) in [6, 6.07) is 6.28. The summed E-state index contributed by atoms with van der Waals surface area (Å²) in [5, 5.41) is 0. The first-order chi connectivity index (χ1) is 9.74. The second-order valence-corrected chi connectivity index (χ2v) is 4.67. The predicted molar refractivity (Wildman–Crippen MR) is 84.3 cm³/mol. The van der Waals surface area contributed by atoms with Crippen LogP contribution in [0.15, 0.2) is 18.2 Å². The third kappa shape index (κ3) is 5.12. The fraction of sp³-hybridized carbons (Fsp3) is 0.625. The zero-order valence-electron chi connectivity index (χ0n) is 13.0. The lowest BCUT2D eigenvalue weighted by molar-refractivity contribution is 0.141. The van der Waals surface area contributed by atoms with Crippen LogP contribution < -0.4 is 10.6 Å². The summed E-state index contributed by atoms with van der Waals surface area (Å²) in [6.45, 7) is 11.4. The van der Waals surface area contributed by atoms with Crippen molar-refractivity contribution in [2.24, 2.45) is 5.73 Å². The molecule has 0 radical (unpaired) electrons. The maximum Gasteiger partial charge on any atom is 0.0641 e. The minimum Gasteiger partial charge on any atom is -0.380 e. The van der Waals surface area contributed by atoms with Crippen LogP contribution >= 0.6 is 0 Å². The van der Waals surface area contributed by atoms with Crippen molar-refractivity contribution in [3.63, 3.8) is 0 Å². The van der Waals surface area contributed by atoms with Gasteiger partial charge in [0.1, 0.15) is 0 Å². The van der Waals surface area contributed by atoms with Crippen molar-refractivity contribution < 1.29 is 9.47 Å². The number of hydrogen-bond donors (Lipinski definition) is 1. The smallest absolute Gasteiger partial charge is 0.0641 e. The van der Waals surface area contributed by atoms with Gasteiger partial charge in [0.05, 0.1) is 13.2 Å². The quantitative estimate of drug-likeness (QED) is 0.668. The van der Waals surface area contributed by atoms with Gasteiger partial charge in [0.25, 0.3) is 0 Å². The van der Waals surface area contributed by atoms with E-state index in [1.165, 1.54) is 16.8 Å². The lowest BCUT2D eigenvalue weighted by atomic mass is 10.1. The Kier molecular flexibility index (Phi) is 8.26. The van der Waals surface area contributed by atoms with Gasteiger partial charge in [-0.15, -0.1) is 0 Å². The summed E-state index contributed by atoms with van der Waals surface area (Å²) >= 11 is 0. The lowest BCUT2D eigenvalue weighted by Crippen LogP contribution is -2.32. The van der Waals surface area contributed by atoms with Crippen LogP contribution in [0.5, 0.6) is 0 Å². The van der Waals surface area contributed by atoms with Gasteiger partial charge in [-0.3, -0.25) is 0 Å². The van der Waals surface area contributed by atoms with E-state index >= 15 is 0 Å². The average molecular weight is 280 g/mol. The van der Waals surface area contributed by atoms with E-state index < -0.39 is 0 Å². The molecule has 0 heterocycles. The van der Waals surface area contributed by atoms with E-state index in [9.17, 15) is 0 Å². The van der Waals surface area contributed by atoms with Crippen molar-refractivity contribution in [2.75, 3.05) is 44.4 Å². The molecule has 0 aliphatic rings. The molecule has 0 saturated carbocycles. The fourth-order valence-electron chi connectivity index (χ4n) is 2.31.